The maximum atomic E-state index is 13.5. The lowest BCUT2D eigenvalue weighted by Crippen LogP contribution is -2.16. The van der Waals surface area contributed by atoms with Crippen LogP contribution in [0.15, 0.2) is 48.5 Å². The molecule has 0 bridgehead atoms. The zero-order valence-corrected chi connectivity index (χ0v) is 17.3. The third-order valence-corrected chi connectivity index (χ3v) is 6.32. The summed E-state index contributed by atoms with van der Waals surface area (Å²) in [5.41, 5.74) is 2.62. The van der Waals surface area contributed by atoms with Gasteiger partial charge in [0.1, 0.15) is 0 Å². The van der Waals surface area contributed by atoms with Gasteiger partial charge in [0.2, 0.25) is 0 Å². The molecule has 1 N–H and O–H groups in total. The smallest absolute Gasteiger partial charge is 0.357 e. The van der Waals surface area contributed by atoms with Crippen LogP contribution in [0.1, 0.15) is 25.2 Å². The fourth-order valence-corrected chi connectivity index (χ4v) is 4.71. The lowest BCUT2D eigenvalue weighted by atomic mass is 10.2. The molecule has 0 aliphatic rings. The summed E-state index contributed by atoms with van der Waals surface area (Å²) < 4.78 is 24.7. The molecular formula is C19H26ClN2O3P. The summed E-state index contributed by atoms with van der Waals surface area (Å²) in [5, 5.41) is 3.88. The van der Waals surface area contributed by atoms with Gasteiger partial charge in [0.15, 0.2) is 5.78 Å². The van der Waals surface area contributed by atoms with Crippen LogP contribution in [0.5, 0.6) is 0 Å². The molecule has 7 heteroatoms. The van der Waals surface area contributed by atoms with Crippen molar-refractivity contribution >= 4 is 30.6 Å². The minimum Gasteiger partial charge on any atom is -0.378 e. The van der Waals surface area contributed by atoms with Crippen molar-refractivity contribution in [1.29, 1.82) is 0 Å². The van der Waals surface area contributed by atoms with Gasteiger partial charge in [-0.05, 0) is 49.7 Å². The SMILES string of the molecule is CCOP(=O)(OCC)C(Nc1cccc(Cl)c1)c1ccc(N(C)C)cc1. The van der Waals surface area contributed by atoms with Crippen LogP contribution >= 0.6 is 19.2 Å². The van der Waals surface area contributed by atoms with Crippen LogP contribution in [-0.4, -0.2) is 27.3 Å². The Morgan fingerprint density at radius 2 is 1.69 bits per heavy atom. The van der Waals surface area contributed by atoms with E-state index in [9.17, 15) is 4.57 Å². The van der Waals surface area contributed by atoms with E-state index in [1.165, 1.54) is 0 Å². The number of hydrogen-bond donors (Lipinski definition) is 1. The van der Waals surface area contributed by atoms with Gasteiger partial charge in [0, 0.05) is 30.5 Å². The van der Waals surface area contributed by atoms with E-state index in [0.717, 1.165) is 16.9 Å². The number of anilines is 2. The summed E-state index contributed by atoms with van der Waals surface area (Å²) in [7, 11) is 0.510. The van der Waals surface area contributed by atoms with Crippen molar-refractivity contribution in [2.24, 2.45) is 0 Å². The third kappa shape index (κ3) is 5.24. The monoisotopic (exact) mass is 396 g/mol. The number of rotatable bonds is 9. The number of nitrogens with one attached hydrogen (secondary N) is 1. The van der Waals surface area contributed by atoms with E-state index in [4.69, 9.17) is 20.6 Å². The highest BCUT2D eigenvalue weighted by atomic mass is 35.5. The first kappa shape index (κ1) is 20.8. The largest absolute Gasteiger partial charge is 0.378 e. The van der Waals surface area contributed by atoms with Crippen molar-refractivity contribution in [2.75, 3.05) is 37.5 Å². The van der Waals surface area contributed by atoms with Crippen LogP contribution in [0.2, 0.25) is 5.02 Å². The molecule has 2 aromatic carbocycles. The first-order valence-electron chi connectivity index (χ1n) is 8.57. The third-order valence-electron chi connectivity index (χ3n) is 3.79. The Balaban J connectivity index is 2.44. The normalized spacial score (nSPS) is 12.7. The summed E-state index contributed by atoms with van der Waals surface area (Å²) in [6, 6.07) is 15.1. The molecule has 0 amide bonds. The molecule has 0 aromatic heterocycles. The standard InChI is InChI=1S/C19H26ClN2O3P/c1-5-24-26(23,25-6-2)19(21-17-9-7-8-16(20)14-17)15-10-12-18(13-11-15)22(3)4/h7-14,19,21H,5-6H2,1-4H3. The van der Waals surface area contributed by atoms with E-state index in [-0.39, 0.29) is 0 Å². The first-order valence-corrected chi connectivity index (χ1v) is 10.6. The fraction of sp³-hybridized carbons (Fsp3) is 0.368. The summed E-state index contributed by atoms with van der Waals surface area (Å²) >= 11 is 6.09. The van der Waals surface area contributed by atoms with Crippen molar-refractivity contribution in [3.63, 3.8) is 0 Å². The Bertz CT molecular complexity index is 743. The van der Waals surface area contributed by atoms with E-state index >= 15 is 0 Å². The van der Waals surface area contributed by atoms with E-state index in [0.29, 0.717) is 18.2 Å². The Morgan fingerprint density at radius 1 is 1.08 bits per heavy atom. The van der Waals surface area contributed by atoms with Gasteiger partial charge in [-0.1, -0.05) is 29.8 Å². The van der Waals surface area contributed by atoms with E-state index in [2.05, 4.69) is 5.32 Å². The molecule has 26 heavy (non-hydrogen) atoms. The average molecular weight is 397 g/mol. The molecule has 0 aliphatic heterocycles. The maximum Gasteiger partial charge on any atom is 0.357 e. The van der Waals surface area contributed by atoms with Crippen LogP contribution < -0.4 is 10.2 Å². The fourth-order valence-electron chi connectivity index (χ4n) is 2.58. The van der Waals surface area contributed by atoms with Gasteiger partial charge >= 0.3 is 7.60 Å². The zero-order chi connectivity index (χ0) is 19.2. The van der Waals surface area contributed by atoms with Crippen molar-refractivity contribution in [1.82, 2.24) is 0 Å². The summed E-state index contributed by atoms with van der Waals surface area (Å²) in [4.78, 5) is 2.01. The van der Waals surface area contributed by atoms with Crippen molar-refractivity contribution in [3.05, 3.63) is 59.1 Å². The minimum atomic E-state index is -3.44. The van der Waals surface area contributed by atoms with Crippen LogP contribution in [0.25, 0.3) is 0 Å². The summed E-state index contributed by atoms with van der Waals surface area (Å²) in [5.74, 6) is -0.642. The van der Waals surface area contributed by atoms with Crippen molar-refractivity contribution < 1.29 is 13.6 Å². The Labute approximate surface area is 160 Å². The van der Waals surface area contributed by atoms with Gasteiger partial charge < -0.3 is 19.3 Å². The molecule has 0 saturated heterocycles. The lowest BCUT2D eigenvalue weighted by Gasteiger charge is -2.28. The van der Waals surface area contributed by atoms with Crippen molar-refractivity contribution in [3.8, 4) is 0 Å². The molecule has 0 heterocycles. The second-order valence-electron chi connectivity index (χ2n) is 5.92. The molecule has 1 unspecified atom stereocenters. The predicted molar refractivity (Wildman–Crippen MR) is 109 cm³/mol. The zero-order valence-electron chi connectivity index (χ0n) is 15.6. The summed E-state index contributed by atoms with van der Waals surface area (Å²) in [6.07, 6.45) is 0. The average Bonchev–Trinajstić information content (AvgIpc) is 2.60. The lowest BCUT2D eigenvalue weighted by molar-refractivity contribution is 0.214. The molecule has 0 spiro atoms. The molecule has 0 aliphatic carbocycles. The quantitative estimate of drug-likeness (QED) is 0.544. The summed E-state index contributed by atoms with van der Waals surface area (Å²) in [6.45, 7) is 4.19. The van der Waals surface area contributed by atoms with Gasteiger partial charge in [0.25, 0.3) is 0 Å². The topological polar surface area (TPSA) is 50.8 Å². The van der Waals surface area contributed by atoms with Gasteiger partial charge in [-0.3, -0.25) is 4.57 Å². The Kier molecular flexibility index (Phi) is 7.54. The number of hydrogen-bond acceptors (Lipinski definition) is 5. The molecule has 1 atom stereocenters. The number of halogens is 1. The van der Waals surface area contributed by atoms with E-state index < -0.39 is 13.4 Å². The Hall–Kier alpha value is -1.52. The second-order valence-corrected chi connectivity index (χ2v) is 8.47. The van der Waals surface area contributed by atoms with Crippen LogP contribution in [0.3, 0.4) is 0 Å². The second kappa shape index (κ2) is 9.43. The highest BCUT2D eigenvalue weighted by Gasteiger charge is 2.37. The molecule has 0 radical (unpaired) electrons. The molecule has 142 valence electrons. The van der Waals surface area contributed by atoms with Gasteiger partial charge in [-0.15, -0.1) is 0 Å². The van der Waals surface area contributed by atoms with Gasteiger partial charge in [-0.25, -0.2) is 0 Å². The molecule has 2 rings (SSSR count). The first-order chi connectivity index (χ1) is 12.4. The Morgan fingerprint density at radius 3 is 2.19 bits per heavy atom. The maximum absolute atomic E-state index is 13.5. The van der Waals surface area contributed by atoms with Gasteiger partial charge in [-0.2, -0.15) is 0 Å². The molecule has 2 aromatic rings. The highest BCUT2D eigenvalue weighted by molar-refractivity contribution is 7.54. The van der Waals surface area contributed by atoms with Crippen LogP contribution in [0.4, 0.5) is 11.4 Å². The van der Waals surface area contributed by atoms with E-state index in [1.54, 1.807) is 26.0 Å². The molecule has 5 nitrogen and oxygen atoms in total. The number of nitrogens with zero attached hydrogens (tertiary/aromatic N) is 1. The van der Waals surface area contributed by atoms with Crippen LogP contribution in [-0.2, 0) is 13.6 Å². The predicted octanol–water partition coefficient (Wildman–Crippen LogP) is 5.78. The minimum absolute atomic E-state index is 0.292. The number of benzene rings is 2. The van der Waals surface area contributed by atoms with Gasteiger partial charge in [0.05, 0.1) is 13.2 Å². The highest BCUT2D eigenvalue weighted by Crippen LogP contribution is 2.60. The van der Waals surface area contributed by atoms with Crippen molar-refractivity contribution in [2.45, 2.75) is 19.6 Å². The molecule has 0 fully saturated rings. The molecule has 0 saturated carbocycles. The van der Waals surface area contributed by atoms with Crippen LogP contribution in [0, 0.1) is 0 Å². The molecular weight excluding hydrogens is 371 g/mol. The van der Waals surface area contributed by atoms with E-state index in [1.807, 2.05) is 55.4 Å².